The van der Waals surface area contributed by atoms with Crippen LogP contribution in [0.5, 0.6) is 5.75 Å². The van der Waals surface area contributed by atoms with E-state index in [0.717, 1.165) is 25.9 Å². The molecule has 100 valence electrons. The third-order valence-corrected chi connectivity index (χ3v) is 4.12. The lowest BCUT2D eigenvalue weighted by Gasteiger charge is -2.11. The van der Waals surface area contributed by atoms with E-state index in [1.807, 2.05) is 18.2 Å². The molecule has 0 fully saturated rings. The molecular weight excluding hydrogens is 377 g/mol. The first-order valence-corrected chi connectivity index (χ1v) is 7.20. The molecule has 1 N–H and O–H groups in total. The largest absolute Gasteiger partial charge is 0.497 e. The Morgan fingerprint density at radius 3 is 2.58 bits per heavy atom. The fourth-order valence-corrected chi connectivity index (χ4v) is 2.41. The van der Waals surface area contributed by atoms with Gasteiger partial charge in [0.15, 0.2) is 0 Å². The Hall–Kier alpha value is -1.07. The van der Waals surface area contributed by atoms with Crippen LogP contribution in [0, 0.1) is 5.82 Å². The fourth-order valence-electron chi connectivity index (χ4n) is 1.64. The summed E-state index contributed by atoms with van der Waals surface area (Å²) in [6.45, 7) is 0.518. The maximum absolute atomic E-state index is 13.2. The normalized spacial score (nSPS) is 10.3. The average molecular weight is 389 g/mol. The predicted octanol–water partition coefficient (Wildman–Crippen LogP) is 4.97. The van der Waals surface area contributed by atoms with Crippen LogP contribution in [0.25, 0.3) is 0 Å². The summed E-state index contributed by atoms with van der Waals surface area (Å²) < 4.78 is 20.2. The zero-order valence-electron chi connectivity index (χ0n) is 10.2. The zero-order chi connectivity index (χ0) is 13.8. The van der Waals surface area contributed by atoms with Crippen molar-refractivity contribution >= 4 is 37.5 Å². The van der Waals surface area contributed by atoms with Gasteiger partial charge in [0.05, 0.1) is 12.8 Å². The molecule has 0 amide bonds. The van der Waals surface area contributed by atoms with E-state index in [4.69, 9.17) is 4.74 Å². The van der Waals surface area contributed by atoms with Crippen molar-refractivity contribution in [2.75, 3.05) is 12.4 Å². The van der Waals surface area contributed by atoms with Gasteiger partial charge in [-0.3, -0.25) is 0 Å². The maximum atomic E-state index is 13.2. The molecule has 0 spiro atoms. The number of rotatable bonds is 4. The summed E-state index contributed by atoms with van der Waals surface area (Å²) in [7, 11) is 1.62. The van der Waals surface area contributed by atoms with Crippen LogP contribution in [0.2, 0.25) is 0 Å². The Kier molecular flexibility index (Phi) is 4.82. The minimum Gasteiger partial charge on any atom is -0.497 e. The highest BCUT2D eigenvalue weighted by Gasteiger charge is 2.05. The van der Waals surface area contributed by atoms with Gasteiger partial charge in [-0.25, -0.2) is 4.39 Å². The summed E-state index contributed by atoms with van der Waals surface area (Å²) in [5.41, 5.74) is 1.75. The monoisotopic (exact) mass is 387 g/mol. The number of methoxy groups -OCH3 is 1. The van der Waals surface area contributed by atoms with E-state index in [1.165, 1.54) is 12.1 Å². The lowest BCUT2D eigenvalue weighted by molar-refractivity contribution is 0.415. The molecule has 0 aliphatic carbocycles. The number of nitrogens with one attached hydrogen (secondary N) is 1. The minimum absolute atomic E-state index is 0.246. The summed E-state index contributed by atoms with van der Waals surface area (Å²) in [6, 6.07) is 10.3. The van der Waals surface area contributed by atoms with E-state index in [0.29, 0.717) is 6.54 Å². The van der Waals surface area contributed by atoms with Gasteiger partial charge in [0, 0.05) is 21.6 Å². The molecule has 0 aliphatic heterocycles. The molecule has 2 aromatic carbocycles. The SMILES string of the molecule is COc1ccc(Br)c(NCc2cc(F)ccc2Br)c1. The number of benzene rings is 2. The molecule has 0 aromatic heterocycles. The molecule has 2 nitrogen and oxygen atoms in total. The molecule has 0 bridgehead atoms. The summed E-state index contributed by atoms with van der Waals surface area (Å²) in [5, 5.41) is 3.25. The van der Waals surface area contributed by atoms with E-state index in [9.17, 15) is 4.39 Å². The van der Waals surface area contributed by atoms with Crippen LogP contribution in [0.1, 0.15) is 5.56 Å². The molecule has 0 saturated heterocycles. The molecule has 2 rings (SSSR count). The van der Waals surface area contributed by atoms with Gasteiger partial charge < -0.3 is 10.1 Å². The van der Waals surface area contributed by atoms with E-state index in [-0.39, 0.29) is 5.82 Å². The summed E-state index contributed by atoms with van der Waals surface area (Å²) >= 11 is 6.87. The topological polar surface area (TPSA) is 21.3 Å². The van der Waals surface area contributed by atoms with E-state index < -0.39 is 0 Å². The number of ether oxygens (including phenoxy) is 1. The molecule has 5 heteroatoms. The highest BCUT2D eigenvalue weighted by molar-refractivity contribution is 9.10. The molecule has 0 unspecified atom stereocenters. The van der Waals surface area contributed by atoms with Crippen LogP contribution in [0.4, 0.5) is 10.1 Å². The average Bonchev–Trinajstić information content (AvgIpc) is 2.41. The van der Waals surface area contributed by atoms with Gasteiger partial charge in [0.25, 0.3) is 0 Å². The predicted molar refractivity (Wildman–Crippen MR) is 82.1 cm³/mol. The van der Waals surface area contributed by atoms with Crippen LogP contribution in [-0.4, -0.2) is 7.11 Å². The van der Waals surface area contributed by atoms with Crippen LogP contribution >= 0.6 is 31.9 Å². The first kappa shape index (κ1) is 14.3. The number of halogens is 3. The quantitative estimate of drug-likeness (QED) is 0.798. The summed E-state index contributed by atoms with van der Waals surface area (Å²) in [6.07, 6.45) is 0. The van der Waals surface area contributed by atoms with Crippen molar-refractivity contribution in [2.24, 2.45) is 0 Å². The lowest BCUT2D eigenvalue weighted by Crippen LogP contribution is -2.01. The van der Waals surface area contributed by atoms with Gasteiger partial charge in [0.2, 0.25) is 0 Å². The second-order valence-electron chi connectivity index (χ2n) is 3.94. The molecule has 0 heterocycles. The van der Waals surface area contributed by atoms with Crippen molar-refractivity contribution in [1.29, 1.82) is 0 Å². The lowest BCUT2D eigenvalue weighted by atomic mass is 10.2. The summed E-state index contributed by atoms with van der Waals surface area (Å²) in [5.74, 6) is 0.522. The first-order chi connectivity index (χ1) is 9.10. The molecule has 0 saturated carbocycles. The fraction of sp³-hybridized carbons (Fsp3) is 0.143. The van der Waals surface area contributed by atoms with Gasteiger partial charge in [-0.15, -0.1) is 0 Å². The van der Waals surface area contributed by atoms with Gasteiger partial charge in [0.1, 0.15) is 11.6 Å². The van der Waals surface area contributed by atoms with Crippen LogP contribution < -0.4 is 10.1 Å². The number of hydrogen-bond donors (Lipinski definition) is 1. The molecule has 0 atom stereocenters. The second kappa shape index (κ2) is 6.39. The van der Waals surface area contributed by atoms with Crippen molar-refractivity contribution in [3.8, 4) is 5.75 Å². The van der Waals surface area contributed by atoms with E-state index in [2.05, 4.69) is 37.2 Å². The minimum atomic E-state index is -0.246. The standard InChI is InChI=1S/C14H12Br2FNO/c1-19-11-3-5-13(16)14(7-11)18-8-9-6-10(17)2-4-12(9)15/h2-7,18H,8H2,1H3. The van der Waals surface area contributed by atoms with Crippen LogP contribution in [-0.2, 0) is 6.54 Å². The number of anilines is 1. The van der Waals surface area contributed by atoms with Crippen molar-refractivity contribution in [2.45, 2.75) is 6.54 Å². The van der Waals surface area contributed by atoms with E-state index in [1.54, 1.807) is 13.2 Å². The first-order valence-electron chi connectivity index (χ1n) is 5.61. The Balaban J connectivity index is 2.16. The van der Waals surface area contributed by atoms with E-state index >= 15 is 0 Å². The second-order valence-corrected chi connectivity index (χ2v) is 5.64. The highest BCUT2D eigenvalue weighted by atomic mass is 79.9. The third-order valence-electron chi connectivity index (χ3n) is 2.65. The smallest absolute Gasteiger partial charge is 0.123 e. The highest BCUT2D eigenvalue weighted by Crippen LogP contribution is 2.28. The maximum Gasteiger partial charge on any atom is 0.123 e. The van der Waals surface area contributed by atoms with Crippen molar-refractivity contribution < 1.29 is 9.13 Å². The third kappa shape index (κ3) is 3.70. The number of hydrogen-bond acceptors (Lipinski definition) is 2. The molecular formula is C14H12Br2FNO. The van der Waals surface area contributed by atoms with Gasteiger partial charge in [-0.05, 0) is 51.8 Å². The van der Waals surface area contributed by atoms with Crippen molar-refractivity contribution in [3.05, 3.63) is 56.7 Å². The Labute approximate surface area is 128 Å². The van der Waals surface area contributed by atoms with Gasteiger partial charge >= 0.3 is 0 Å². The van der Waals surface area contributed by atoms with Crippen molar-refractivity contribution in [3.63, 3.8) is 0 Å². The van der Waals surface area contributed by atoms with Gasteiger partial charge in [-0.2, -0.15) is 0 Å². The molecule has 0 radical (unpaired) electrons. The van der Waals surface area contributed by atoms with Crippen LogP contribution in [0.15, 0.2) is 45.3 Å². The molecule has 19 heavy (non-hydrogen) atoms. The Bertz CT molecular complexity index is 590. The molecule has 2 aromatic rings. The Morgan fingerprint density at radius 1 is 1.11 bits per heavy atom. The Morgan fingerprint density at radius 2 is 1.84 bits per heavy atom. The summed E-state index contributed by atoms with van der Waals surface area (Å²) in [4.78, 5) is 0. The van der Waals surface area contributed by atoms with Crippen LogP contribution in [0.3, 0.4) is 0 Å². The zero-order valence-corrected chi connectivity index (χ0v) is 13.4. The van der Waals surface area contributed by atoms with Crippen molar-refractivity contribution in [1.82, 2.24) is 0 Å². The van der Waals surface area contributed by atoms with Gasteiger partial charge in [-0.1, -0.05) is 15.9 Å². The molecule has 0 aliphatic rings.